The highest BCUT2D eigenvalue weighted by Crippen LogP contribution is 2.25. The molecule has 0 unspecified atom stereocenters. The Bertz CT molecular complexity index is 1180. The summed E-state index contributed by atoms with van der Waals surface area (Å²) in [6, 6.07) is 5.38. The van der Waals surface area contributed by atoms with Crippen molar-refractivity contribution in [2.75, 3.05) is 42.3 Å². The first kappa shape index (κ1) is 23.4. The van der Waals surface area contributed by atoms with Crippen molar-refractivity contribution in [3.05, 3.63) is 47.5 Å². The zero-order valence-corrected chi connectivity index (χ0v) is 20.1. The van der Waals surface area contributed by atoms with Crippen LogP contribution in [0, 0.1) is 6.92 Å². The van der Waals surface area contributed by atoms with Crippen molar-refractivity contribution in [3.8, 4) is 0 Å². The highest BCUT2D eigenvalue weighted by Gasteiger charge is 2.25. The molecule has 11 nitrogen and oxygen atoms in total. The normalized spacial score (nSPS) is 15.6. The number of nitrogens with one attached hydrogen (secondary N) is 2. The Morgan fingerprint density at radius 2 is 2.06 bits per heavy atom. The summed E-state index contributed by atoms with van der Waals surface area (Å²) in [6.07, 6.45) is 4.85. The smallest absolute Gasteiger partial charge is 0.271 e. The van der Waals surface area contributed by atoms with Gasteiger partial charge in [-0.2, -0.15) is 4.37 Å². The van der Waals surface area contributed by atoms with Crippen molar-refractivity contribution in [1.29, 1.82) is 0 Å². The van der Waals surface area contributed by atoms with Crippen LogP contribution >= 0.6 is 11.5 Å². The number of aryl methyl sites for hydroxylation is 1. The molecule has 12 heteroatoms. The van der Waals surface area contributed by atoms with Crippen LogP contribution in [0.4, 0.5) is 22.5 Å². The largest absolute Gasteiger partial charge is 0.364 e. The van der Waals surface area contributed by atoms with Gasteiger partial charge in [0.2, 0.25) is 0 Å². The molecule has 1 fully saturated rings. The van der Waals surface area contributed by atoms with Crippen LogP contribution in [-0.2, 0) is 0 Å². The fourth-order valence-corrected chi connectivity index (χ4v) is 4.36. The van der Waals surface area contributed by atoms with E-state index < -0.39 is 5.91 Å². The minimum atomic E-state index is -0.666. The molecule has 0 aromatic carbocycles. The van der Waals surface area contributed by atoms with E-state index in [0.717, 1.165) is 35.9 Å². The molecule has 1 atom stereocenters. The number of anilines is 4. The molecular weight excluding hydrogens is 454 g/mol. The molecule has 178 valence electrons. The van der Waals surface area contributed by atoms with Crippen molar-refractivity contribution >= 4 is 45.8 Å². The molecule has 2 amide bonds. The summed E-state index contributed by atoms with van der Waals surface area (Å²) in [7, 11) is 3.80. The molecule has 4 N–H and O–H groups in total. The Morgan fingerprint density at radius 1 is 1.24 bits per heavy atom. The van der Waals surface area contributed by atoms with Gasteiger partial charge in [0.1, 0.15) is 16.6 Å². The van der Waals surface area contributed by atoms with Gasteiger partial charge in [0.05, 0.1) is 17.5 Å². The topological polar surface area (TPSA) is 142 Å². The lowest BCUT2D eigenvalue weighted by Crippen LogP contribution is -2.48. The lowest BCUT2D eigenvalue weighted by molar-refractivity contribution is 0.0931. The Balaban J connectivity index is 1.47. The summed E-state index contributed by atoms with van der Waals surface area (Å²) in [4.78, 5) is 41.7. The lowest BCUT2D eigenvalue weighted by Gasteiger charge is -2.34. The second kappa shape index (κ2) is 10.00. The van der Waals surface area contributed by atoms with Crippen LogP contribution in [0.3, 0.4) is 0 Å². The highest BCUT2D eigenvalue weighted by atomic mass is 32.1. The molecule has 4 heterocycles. The van der Waals surface area contributed by atoms with Crippen LogP contribution in [0.25, 0.3) is 0 Å². The standard InChI is InChI=1S/C22H27N9O2S/c1-13-9-18(34-29-13)28-21-19(20(23)32)25-11-17(27-21)31-8-4-5-15(12-31)26-22(33)14-6-7-16(24-10-14)30(2)3/h6-7,9-11,15H,4-5,8,12H2,1-3H3,(H2,23,32)(H,26,33)(H,27,28)/t15-/m1/s1. The fourth-order valence-electron chi connectivity index (χ4n) is 3.70. The average molecular weight is 482 g/mol. The third kappa shape index (κ3) is 5.39. The van der Waals surface area contributed by atoms with Gasteiger partial charge < -0.3 is 26.2 Å². The van der Waals surface area contributed by atoms with E-state index in [9.17, 15) is 9.59 Å². The summed E-state index contributed by atoms with van der Waals surface area (Å²) in [5, 5.41) is 6.94. The highest BCUT2D eigenvalue weighted by molar-refractivity contribution is 7.10. The summed E-state index contributed by atoms with van der Waals surface area (Å²) < 4.78 is 4.23. The Labute approximate surface area is 201 Å². The van der Waals surface area contributed by atoms with Gasteiger partial charge in [-0.3, -0.25) is 9.59 Å². The van der Waals surface area contributed by atoms with Gasteiger partial charge in [-0.05, 0) is 49.5 Å². The monoisotopic (exact) mass is 481 g/mol. The molecule has 0 saturated carbocycles. The van der Waals surface area contributed by atoms with E-state index in [4.69, 9.17) is 5.73 Å². The molecule has 0 aliphatic carbocycles. The molecule has 34 heavy (non-hydrogen) atoms. The minimum Gasteiger partial charge on any atom is -0.364 e. The maximum absolute atomic E-state index is 12.7. The van der Waals surface area contributed by atoms with Crippen LogP contribution in [0.1, 0.15) is 39.4 Å². The predicted molar refractivity (Wildman–Crippen MR) is 132 cm³/mol. The van der Waals surface area contributed by atoms with Crippen molar-refractivity contribution in [1.82, 2.24) is 24.6 Å². The summed E-state index contributed by atoms with van der Waals surface area (Å²) in [5.74, 6) is 0.844. The molecule has 3 aromatic rings. The molecule has 1 aliphatic rings. The van der Waals surface area contributed by atoms with Gasteiger partial charge in [-0.15, -0.1) is 0 Å². The number of hydrogen-bond acceptors (Lipinski definition) is 10. The van der Waals surface area contributed by atoms with E-state index in [1.165, 1.54) is 17.7 Å². The average Bonchev–Trinajstić information content (AvgIpc) is 3.23. The number of carbonyl (C=O) groups excluding carboxylic acids is 2. The third-order valence-corrected chi connectivity index (χ3v) is 6.21. The Morgan fingerprint density at radius 3 is 2.71 bits per heavy atom. The number of amides is 2. The second-order valence-corrected chi connectivity index (χ2v) is 9.11. The number of nitrogens with zero attached hydrogens (tertiary/aromatic N) is 6. The van der Waals surface area contributed by atoms with Crippen LogP contribution < -0.4 is 26.2 Å². The quantitative estimate of drug-likeness (QED) is 0.461. The zero-order chi connectivity index (χ0) is 24.2. The molecule has 0 bridgehead atoms. The van der Waals surface area contributed by atoms with Crippen LogP contribution in [0.5, 0.6) is 0 Å². The maximum Gasteiger partial charge on any atom is 0.271 e. The molecule has 0 radical (unpaired) electrons. The van der Waals surface area contributed by atoms with Crippen LogP contribution in [0.15, 0.2) is 30.6 Å². The number of primary amides is 1. The van der Waals surface area contributed by atoms with Gasteiger partial charge in [0.15, 0.2) is 11.5 Å². The van der Waals surface area contributed by atoms with Gasteiger partial charge in [0, 0.05) is 39.4 Å². The number of aromatic nitrogens is 4. The van der Waals surface area contributed by atoms with Crippen molar-refractivity contribution in [3.63, 3.8) is 0 Å². The first-order valence-corrected chi connectivity index (χ1v) is 11.6. The molecule has 0 spiro atoms. The van der Waals surface area contributed by atoms with E-state index in [-0.39, 0.29) is 23.5 Å². The Hall–Kier alpha value is -3.80. The van der Waals surface area contributed by atoms with E-state index in [0.29, 0.717) is 17.9 Å². The van der Waals surface area contributed by atoms with Crippen molar-refractivity contribution in [2.45, 2.75) is 25.8 Å². The number of nitrogens with two attached hydrogens (primary N) is 1. The van der Waals surface area contributed by atoms with Gasteiger partial charge in [-0.1, -0.05) is 0 Å². The van der Waals surface area contributed by atoms with E-state index in [2.05, 4.69) is 30.0 Å². The number of carbonyl (C=O) groups is 2. The predicted octanol–water partition coefficient (Wildman–Crippen LogP) is 1.94. The van der Waals surface area contributed by atoms with Crippen LogP contribution in [0.2, 0.25) is 0 Å². The fraction of sp³-hybridized carbons (Fsp3) is 0.364. The van der Waals surface area contributed by atoms with Crippen molar-refractivity contribution < 1.29 is 9.59 Å². The van der Waals surface area contributed by atoms with Crippen LogP contribution in [-0.4, -0.2) is 64.4 Å². The molecule has 1 aliphatic heterocycles. The van der Waals surface area contributed by atoms with Gasteiger partial charge in [-0.25, -0.2) is 15.0 Å². The first-order valence-electron chi connectivity index (χ1n) is 10.9. The second-order valence-electron chi connectivity index (χ2n) is 8.31. The lowest BCUT2D eigenvalue weighted by atomic mass is 10.1. The molecule has 1 saturated heterocycles. The maximum atomic E-state index is 12.7. The molecular formula is C22H27N9O2S. The van der Waals surface area contributed by atoms with Crippen molar-refractivity contribution in [2.24, 2.45) is 5.73 Å². The van der Waals surface area contributed by atoms with Gasteiger partial charge in [0.25, 0.3) is 11.8 Å². The Kier molecular flexibility index (Phi) is 6.87. The molecule has 3 aromatic heterocycles. The minimum absolute atomic E-state index is 0.0605. The number of pyridine rings is 1. The molecule has 4 rings (SSSR count). The number of hydrogen-bond donors (Lipinski definition) is 3. The summed E-state index contributed by atoms with van der Waals surface area (Å²) in [6.45, 7) is 3.21. The van der Waals surface area contributed by atoms with E-state index in [1.54, 1.807) is 12.3 Å². The third-order valence-electron chi connectivity index (χ3n) is 5.41. The SMILES string of the molecule is Cc1cc(Nc2nc(N3CCC[C@@H](NC(=O)c4ccc(N(C)C)nc4)C3)cnc2C(N)=O)sn1. The first-order chi connectivity index (χ1) is 16.3. The number of rotatable bonds is 7. The summed E-state index contributed by atoms with van der Waals surface area (Å²) >= 11 is 1.26. The van der Waals surface area contributed by atoms with E-state index >= 15 is 0 Å². The van der Waals surface area contributed by atoms with E-state index in [1.807, 2.05) is 43.0 Å². The van der Waals surface area contributed by atoms with Gasteiger partial charge >= 0.3 is 0 Å². The summed E-state index contributed by atoms with van der Waals surface area (Å²) in [5.41, 5.74) is 6.93. The zero-order valence-electron chi connectivity index (χ0n) is 19.3. The number of piperidine rings is 1.